The summed E-state index contributed by atoms with van der Waals surface area (Å²) in [4.78, 5) is 3.73. The van der Waals surface area contributed by atoms with Crippen LogP contribution in [0.25, 0.3) is 0 Å². The Bertz CT molecular complexity index is 538. The Morgan fingerprint density at radius 3 is 2.95 bits per heavy atom. The number of rotatable bonds is 6. The van der Waals surface area contributed by atoms with Crippen molar-refractivity contribution >= 4 is 17.3 Å². The summed E-state index contributed by atoms with van der Waals surface area (Å²) < 4.78 is 0.419. The first-order valence-electron chi connectivity index (χ1n) is 6.59. The molecule has 1 aliphatic heterocycles. The molecule has 5 N–H and O–H groups in total. The Morgan fingerprint density at radius 1 is 1.52 bits per heavy atom. The van der Waals surface area contributed by atoms with E-state index in [2.05, 4.69) is 10.7 Å². The number of quaternary nitrogens is 1. The van der Waals surface area contributed by atoms with Gasteiger partial charge in [0, 0.05) is 12.6 Å². The maximum Gasteiger partial charge on any atom is 0.401 e. The van der Waals surface area contributed by atoms with Gasteiger partial charge in [-0.25, -0.2) is 4.74 Å². The highest BCUT2D eigenvalue weighted by Gasteiger charge is 2.38. The number of guanidine groups is 1. The number of hydrogen-bond donors (Lipinski definition) is 4. The number of likely N-dealkylation sites (N-methyl/N-ethyl adjacent to an activating group) is 1. The molecule has 0 radical (unpaired) electrons. The van der Waals surface area contributed by atoms with E-state index in [9.17, 15) is 15.5 Å². The molecule has 0 bridgehead atoms. The Kier molecular flexibility index (Phi) is 4.60. The molecule has 2 rings (SSSR count). The number of aliphatic hydroxyl groups excluding tert-OH is 1. The predicted octanol–water partition coefficient (Wildman–Crippen LogP) is -0.632. The van der Waals surface area contributed by atoms with Crippen LogP contribution < -0.4 is 21.4 Å². The fraction of sp³-hybridized carbons (Fsp3) is 0.417. The van der Waals surface area contributed by atoms with E-state index in [1.54, 1.807) is 12.1 Å². The molecule has 2 unspecified atom stereocenters. The third-order valence-electron chi connectivity index (χ3n) is 2.98. The topological polar surface area (TPSA) is 129 Å². The molecular weight excluding hydrogens is 278 g/mol. The normalized spacial score (nSPS) is 22.6. The predicted molar refractivity (Wildman–Crippen MR) is 77.7 cm³/mol. The average molecular weight is 297 g/mol. The van der Waals surface area contributed by atoms with Crippen LogP contribution in [-0.2, 0) is 4.84 Å². The Hall–Kier alpha value is -1.91. The minimum absolute atomic E-state index is 0.0670. The number of fused-ring (bicyclic) bond motifs is 1. The van der Waals surface area contributed by atoms with Gasteiger partial charge in [0.2, 0.25) is 5.69 Å². The van der Waals surface area contributed by atoms with Crippen molar-refractivity contribution in [2.45, 2.75) is 13.0 Å². The summed E-state index contributed by atoms with van der Waals surface area (Å²) in [6.45, 7) is 2.67. The van der Waals surface area contributed by atoms with Gasteiger partial charge in [-0.05, 0) is 17.5 Å². The zero-order valence-corrected chi connectivity index (χ0v) is 11.7. The van der Waals surface area contributed by atoms with Gasteiger partial charge in [-0.2, -0.15) is 4.84 Å². The van der Waals surface area contributed by atoms with Crippen LogP contribution in [0.4, 0.5) is 11.4 Å². The second-order valence-corrected chi connectivity index (χ2v) is 4.59. The lowest BCUT2D eigenvalue weighted by atomic mass is 10.2. The fourth-order valence-electron chi connectivity index (χ4n) is 1.93. The van der Waals surface area contributed by atoms with Gasteiger partial charge in [0.1, 0.15) is 6.61 Å². The Labute approximate surface area is 121 Å². The average Bonchev–Trinajstić information content (AvgIpc) is 2.49. The molecule has 0 saturated carbocycles. The molecule has 0 aromatic heterocycles. The lowest BCUT2D eigenvalue weighted by molar-refractivity contribution is -0.376. The highest BCUT2D eigenvalue weighted by atomic mass is 17.0. The fourth-order valence-corrected chi connectivity index (χ4v) is 1.93. The second kappa shape index (κ2) is 6.24. The minimum atomic E-state index is -1.45. The molecule has 1 aromatic rings. The monoisotopic (exact) mass is 297 g/mol. The maximum absolute atomic E-state index is 12.7. The van der Waals surface area contributed by atoms with Gasteiger partial charge in [0.15, 0.2) is 5.69 Å². The molecule has 1 aromatic carbocycles. The highest BCUT2D eigenvalue weighted by Crippen LogP contribution is 2.33. The summed E-state index contributed by atoms with van der Waals surface area (Å²) in [5, 5.41) is 37.1. The van der Waals surface area contributed by atoms with Crippen LogP contribution in [0, 0.1) is 10.4 Å². The summed E-state index contributed by atoms with van der Waals surface area (Å²) in [6, 6.07) is 6.16. The van der Waals surface area contributed by atoms with Gasteiger partial charge in [0.25, 0.3) is 0 Å². The van der Waals surface area contributed by atoms with E-state index in [0.29, 0.717) is 17.8 Å². The van der Waals surface area contributed by atoms with E-state index in [1.165, 1.54) is 12.1 Å². The largest absolute Gasteiger partial charge is 0.739 e. The van der Waals surface area contributed by atoms with Crippen molar-refractivity contribution in [1.82, 2.24) is 15.7 Å². The van der Waals surface area contributed by atoms with Crippen LogP contribution in [0.5, 0.6) is 0 Å². The Morgan fingerprint density at radius 2 is 2.24 bits per heavy atom. The van der Waals surface area contributed by atoms with Crippen molar-refractivity contribution in [3.05, 3.63) is 34.7 Å². The third kappa shape index (κ3) is 3.23. The summed E-state index contributed by atoms with van der Waals surface area (Å²) in [7, 11) is 0. The van der Waals surface area contributed by atoms with Crippen molar-refractivity contribution in [2.24, 2.45) is 5.73 Å². The molecule has 0 amide bonds. The van der Waals surface area contributed by atoms with E-state index in [1.807, 2.05) is 6.92 Å². The zero-order chi connectivity index (χ0) is 15.5. The van der Waals surface area contributed by atoms with Crippen molar-refractivity contribution < 1.29 is 14.7 Å². The maximum atomic E-state index is 12.7. The van der Waals surface area contributed by atoms with Crippen molar-refractivity contribution in [3.8, 4) is 0 Å². The van der Waals surface area contributed by atoms with Crippen LogP contribution in [0.1, 0.15) is 6.92 Å². The first-order chi connectivity index (χ1) is 9.98. The van der Waals surface area contributed by atoms with Gasteiger partial charge in [0.05, 0.1) is 6.10 Å². The molecule has 0 saturated heterocycles. The molecule has 0 spiro atoms. The molecule has 0 fully saturated rings. The quantitative estimate of drug-likeness (QED) is 0.312. The van der Waals surface area contributed by atoms with E-state index >= 15 is 0 Å². The van der Waals surface area contributed by atoms with E-state index in [0.717, 1.165) is 0 Å². The molecule has 1 heterocycles. The van der Waals surface area contributed by atoms with E-state index < -0.39 is 11.0 Å². The van der Waals surface area contributed by atoms with Crippen LogP contribution in [-0.4, -0.2) is 41.6 Å². The second-order valence-electron chi connectivity index (χ2n) is 4.59. The Balaban J connectivity index is 2.16. The van der Waals surface area contributed by atoms with Crippen LogP contribution in [0.2, 0.25) is 0 Å². The summed E-state index contributed by atoms with van der Waals surface area (Å²) in [6.07, 6.45) is -0.852. The molecule has 116 valence electrons. The number of nitrogens with zero attached hydrogens (tertiary/aromatic N) is 2. The number of nitrogens with one attached hydrogen (secondary N) is 2. The lowest BCUT2D eigenvalue weighted by Crippen LogP contribution is -2.63. The van der Waals surface area contributed by atoms with E-state index in [-0.39, 0.29) is 23.9 Å². The van der Waals surface area contributed by atoms with Gasteiger partial charge < -0.3 is 20.8 Å². The van der Waals surface area contributed by atoms with Crippen LogP contribution >= 0.6 is 0 Å². The molecule has 2 atom stereocenters. The molecule has 21 heavy (non-hydrogen) atoms. The number of hydrogen-bond acceptors (Lipinski definition) is 7. The van der Waals surface area contributed by atoms with Gasteiger partial charge >= 0.3 is 5.96 Å². The van der Waals surface area contributed by atoms with Crippen LogP contribution in [0.3, 0.4) is 0 Å². The van der Waals surface area contributed by atoms with Crippen molar-refractivity contribution in [2.75, 3.05) is 19.7 Å². The van der Waals surface area contributed by atoms with Gasteiger partial charge in [-0.15, -0.1) is 0 Å². The molecule has 1 aliphatic rings. The van der Waals surface area contributed by atoms with Crippen molar-refractivity contribution in [1.29, 1.82) is 0 Å². The lowest BCUT2D eigenvalue weighted by Gasteiger charge is -2.38. The number of para-hydroxylation sites is 2. The highest BCUT2D eigenvalue weighted by molar-refractivity contribution is 5.79. The third-order valence-corrected chi connectivity index (χ3v) is 2.98. The molecule has 9 heteroatoms. The first-order valence-corrected chi connectivity index (χ1v) is 6.59. The minimum Gasteiger partial charge on any atom is -0.739 e. The molecular formula is C12H19N5O4. The summed E-state index contributed by atoms with van der Waals surface area (Å²) in [5.74, 6) is -0.370. The molecule has 9 nitrogen and oxygen atoms in total. The number of aliphatic hydroxyl groups is 1. The number of nitrogens with two attached hydrogens (primary N) is 1. The zero-order valence-electron chi connectivity index (χ0n) is 11.7. The first kappa shape index (κ1) is 15.5. The summed E-state index contributed by atoms with van der Waals surface area (Å²) in [5.41, 5.74) is 7.92. The smallest absolute Gasteiger partial charge is 0.401 e. The molecule has 0 aliphatic carbocycles. The number of benzene rings is 1. The standard InChI is InChI=1S/C12H19N5O4/c1-2-14-7-9(18)8-21-17(20)11-6-4-3-5-10(11)16(19)12(13)15-17/h3-6,9,14-15,18H,2,7-8,13H2,1H3. The van der Waals surface area contributed by atoms with Gasteiger partial charge in [-0.3, -0.25) is 5.73 Å². The SMILES string of the molecule is CCNCC(O)CO[N+]1([O-])NC(N)=[N+]([O-])c2ccccc21. The van der Waals surface area contributed by atoms with Gasteiger partial charge in [-0.1, -0.05) is 24.5 Å². The van der Waals surface area contributed by atoms with Crippen molar-refractivity contribution in [3.63, 3.8) is 0 Å². The summed E-state index contributed by atoms with van der Waals surface area (Å²) >= 11 is 0. The van der Waals surface area contributed by atoms with Crippen LogP contribution in [0.15, 0.2) is 24.3 Å². The van der Waals surface area contributed by atoms with E-state index in [4.69, 9.17) is 10.6 Å².